The summed E-state index contributed by atoms with van der Waals surface area (Å²) in [5.41, 5.74) is 1.22. The number of rotatable bonds is 1. The second-order valence-corrected chi connectivity index (χ2v) is 2.67. The SMILES string of the molecule is CN(C)c1ccnc(C#N)c1C#N. The molecule has 0 unspecified atom stereocenters. The van der Waals surface area contributed by atoms with E-state index in [4.69, 9.17) is 10.5 Å². The van der Waals surface area contributed by atoms with Crippen LogP contribution in [0.5, 0.6) is 0 Å². The van der Waals surface area contributed by atoms with Crippen molar-refractivity contribution in [2.24, 2.45) is 0 Å². The largest absolute Gasteiger partial charge is 0.376 e. The third kappa shape index (κ3) is 1.57. The molecule has 0 aliphatic heterocycles. The van der Waals surface area contributed by atoms with Gasteiger partial charge in [0.15, 0.2) is 5.69 Å². The topological polar surface area (TPSA) is 63.7 Å². The van der Waals surface area contributed by atoms with E-state index in [2.05, 4.69) is 4.98 Å². The van der Waals surface area contributed by atoms with Crippen molar-refractivity contribution in [3.63, 3.8) is 0 Å². The van der Waals surface area contributed by atoms with Crippen LogP contribution < -0.4 is 4.90 Å². The molecule has 0 aromatic carbocycles. The highest BCUT2D eigenvalue weighted by atomic mass is 15.1. The van der Waals surface area contributed by atoms with Gasteiger partial charge in [0.25, 0.3) is 0 Å². The van der Waals surface area contributed by atoms with Crippen LogP contribution >= 0.6 is 0 Å². The molecule has 0 saturated heterocycles. The first-order valence-electron chi connectivity index (χ1n) is 3.67. The summed E-state index contributed by atoms with van der Waals surface area (Å²) >= 11 is 0. The maximum atomic E-state index is 8.81. The fourth-order valence-electron chi connectivity index (χ4n) is 1.02. The van der Waals surface area contributed by atoms with Crippen molar-refractivity contribution in [2.45, 2.75) is 0 Å². The number of pyridine rings is 1. The molecule has 13 heavy (non-hydrogen) atoms. The predicted molar refractivity (Wildman–Crippen MR) is 48.0 cm³/mol. The number of anilines is 1. The van der Waals surface area contributed by atoms with Crippen molar-refractivity contribution in [3.05, 3.63) is 23.5 Å². The van der Waals surface area contributed by atoms with Crippen LogP contribution in [0.25, 0.3) is 0 Å². The first-order valence-corrected chi connectivity index (χ1v) is 3.67. The molecule has 0 amide bonds. The molecule has 0 spiro atoms. The molecule has 0 saturated carbocycles. The molecule has 0 bridgehead atoms. The molecule has 64 valence electrons. The molecule has 1 aromatic rings. The van der Waals surface area contributed by atoms with Crippen molar-refractivity contribution >= 4 is 5.69 Å². The summed E-state index contributed by atoms with van der Waals surface area (Å²) in [6.45, 7) is 0. The third-order valence-corrected chi connectivity index (χ3v) is 1.63. The van der Waals surface area contributed by atoms with Crippen LogP contribution in [0.15, 0.2) is 12.3 Å². The van der Waals surface area contributed by atoms with E-state index in [0.717, 1.165) is 0 Å². The van der Waals surface area contributed by atoms with E-state index in [1.54, 1.807) is 11.0 Å². The Kier molecular flexibility index (Phi) is 2.47. The minimum atomic E-state index is 0.175. The van der Waals surface area contributed by atoms with Gasteiger partial charge >= 0.3 is 0 Å². The van der Waals surface area contributed by atoms with Gasteiger partial charge in [-0.25, -0.2) is 4.98 Å². The van der Waals surface area contributed by atoms with Crippen molar-refractivity contribution in [1.29, 1.82) is 10.5 Å². The molecule has 1 aromatic heterocycles. The number of nitriles is 2. The zero-order valence-electron chi connectivity index (χ0n) is 7.44. The monoisotopic (exact) mass is 172 g/mol. The fourth-order valence-corrected chi connectivity index (χ4v) is 1.02. The average molecular weight is 172 g/mol. The second kappa shape index (κ2) is 3.55. The first kappa shape index (κ1) is 9.02. The van der Waals surface area contributed by atoms with E-state index >= 15 is 0 Å². The molecular weight excluding hydrogens is 164 g/mol. The van der Waals surface area contributed by atoms with Crippen LogP contribution in [0.4, 0.5) is 5.69 Å². The molecule has 1 heterocycles. The van der Waals surface area contributed by atoms with E-state index in [0.29, 0.717) is 11.3 Å². The smallest absolute Gasteiger partial charge is 0.160 e. The van der Waals surface area contributed by atoms with E-state index < -0.39 is 0 Å². The highest BCUT2D eigenvalue weighted by Gasteiger charge is 2.09. The van der Waals surface area contributed by atoms with Crippen LogP contribution in [0.2, 0.25) is 0 Å². The van der Waals surface area contributed by atoms with Crippen LogP contribution in [-0.4, -0.2) is 19.1 Å². The third-order valence-electron chi connectivity index (χ3n) is 1.63. The first-order chi connectivity index (χ1) is 6.20. The zero-order chi connectivity index (χ0) is 9.84. The molecule has 1 rings (SSSR count). The Labute approximate surface area is 76.7 Å². The highest BCUT2D eigenvalue weighted by molar-refractivity contribution is 5.62. The molecule has 0 fully saturated rings. The average Bonchev–Trinajstić information content (AvgIpc) is 2.16. The van der Waals surface area contributed by atoms with Gasteiger partial charge in [-0.1, -0.05) is 0 Å². The summed E-state index contributed by atoms with van der Waals surface area (Å²) in [5, 5.41) is 17.5. The summed E-state index contributed by atoms with van der Waals surface area (Å²) in [6, 6.07) is 5.56. The Hall–Kier alpha value is -2.07. The summed E-state index contributed by atoms with van der Waals surface area (Å²) in [4.78, 5) is 5.58. The Morgan fingerprint density at radius 2 is 2.00 bits per heavy atom. The Bertz CT molecular complexity index is 395. The van der Waals surface area contributed by atoms with Gasteiger partial charge in [0.1, 0.15) is 17.7 Å². The van der Waals surface area contributed by atoms with E-state index in [-0.39, 0.29) is 5.69 Å². The lowest BCUT2D eigenvalue weighted by atomic mass is 10.2. The standard InChI is InChI=1S/C9H8N4/c1-13(2)9-3-4-12-8(6-11)7(9)5-10/h3-4H,1-2H3. The van der Waals surface area contributed by atoms with E-state index in [1.165, 1.54) is 6.20 Å². The Morgan fingerprint density at radius 3 is 2.46 bits per heavy atom. The van der Waals surface area contributed by atoms with Crippen LogP contribution in [0.3, 0.4) is 0 Å². The van der Waals surface area contributed by atoms with E-state index in [9.17, 15) is 0 Å². The predicted octanol–water partition coefficient (Wildman–Crippen LogP) is 0.891. The molecule has 4 nitrogen and oxygen atoms in total. The maximum absolute atomic E-state index is 8.81. The van der Waals surface area contributed by atoms with Gasteiger partial charge in [-0.2, -0.15) is 10.5 Å². The highest BCUT2D eigenvalue weighted by Crippen LogP contribution is 2.18. The van der Waals surface area contributed by atoms with Crippen molar-refractivity contribution in [3.8, 4) is 12.1 Å². The summed E-state index contributed by atoms with van der Waals surface area (Å²) in [7, 11) is 3.63. The summed E-state index contributed by atoms with van der Waals surface area (Å²) in [5.74, 6) is 0. The van der Waals surface area contributed by atoms with Gasteiger partial charge in [0.05, 0.1) is 5.69 Å². The lowest BCUT2D eigenvalue weighted by Crippen LogP contribution is -2.11. The lowest BCUT2D eigenvalue weighted by Gasteiger charge is -2.13. The number of hydrogen-bond donors (Lipinski definition) is 0. The van der Waals surface area contributed by atoms with Crippen molar-refractivity contribution in [1.82, 2.24) is 4.98 Å². The quantitative estimate of drug-likeness (QED) is 0.631. The lowest BCUT2D eigenvalue weighted by molar-refractivity contribution is 1.10. The number of nitrogens with zero attached hydrogens (tertiary/aromatic N) is 4. The van der Waals surface area contributed by atoms with Gasteiger partial charge in [-0.05, 0) is 6.07 Å². The molecule has 0 N–H and O–H groups in total. The molecule has 0 aliphatic rings. The van der Waals surface area contributed by atoms with Gasteiger partial charge < -0.3 is 4.90 Å². The summed E-state index contributed by atoms with van der Waals surface area (Å²) in [6.07, 6.45) is 1.52. The molecular formula is C9H8N4. The Balaban J connectivity index is 3.40. The second-order valence-electron chi connectivity index (χ2n) is 2.67. The van der Waals surface area contributed by atoms with Gasteiger partial charge in [-0.15, -0.1) is 0 Å². The van der Waals surface area contributed by atoms with Crippen molar-refractivity contribution in [2.75, 3.05) is 19.0 Å². The molecule has 0 aliphatic carbocycles. The Morgan fingerprint density at radius 1 is 1.31 bits per heavy atom. The van der Waals surface area contributed by atoms with Gasteiger partial charge in [0, 0.05) is 20.3 Å². The molecule has 0 radical (unpaired) electrons. The van der Waals surface area contributed by atoms with Crippen LogP contribution in [0, 0.1) is 22.7 Å². The molecule has 0 atom stereocenters. The van der Waals surface area contributed by atoms with E-state index in [1.807, 2.05) is 26.2 Å². The summed E-state index contributed by atoms with van der Waals surface area (Å²) < 4.78 is 0. The van der Waals surface area contributed by atoms with Crippen LogP contribution in [-0.2, 0) is 0 Å². The minimum absolute atomic E-state index is 0.175. The van der Waals surface area contributed by atoms with Gasteiger partial charge in [0.2, 0.25) is 0 Å². The number of aromatic nitrogens is 1. The van der Waals surface area contributed by atoms with Gasteiger partial charge in [-0.3, -0.25) is 0 Å². The number of hydrogen-bond acceptors (Lipinski definition) is 4. The van der Waals surface area contributed by atoms with Crippen LogP contribution in [0.1, 0.15) is 11.3 Å². The van der Waals surface area contributed by atoms with Crippen molar-refractivity contribution < 1.29 is 0 Å². The fraction of sp³-hybridized carbons (Fsp3) is 0.222. The zero-order valence-corrected chi connectivity index (χ0v) is 7.44. The normalized spacial score (nSPS) is 8.62. The molecule has 4 heteroatoms. The minimum Gasteiger partial charge on any atom is -0.376 e. The maximum Gasteiger partial charge on any atom is 0.160 e.